The molecule has 1 aromatic carbocycles. The summed E-state index contributed by atoms with van der Waals surface area (Å²) >= 11 is 0. The molecule has 0 fully saturated rings. The van der Waals surface area contributed by atoms with Crippen molar-refractivity contribution < 1.29 is 21.6 Å². The minimum Gasteiger partial charge on any atom is -0.493 e. The predicted octanol–water partition coefficient (Wildman–Crippen LogP) is 0.394. The van der Waals surface area contributed by atoms with Crippen LogP contribution in [-0.4, -0.2) is 35.5 Å². The van der Waals surface area contributed by atoms with Gasteiger partial charge in [0.25, 0.3) is 0 Å². The maximum atomic E-state index is 11.2. The first-order chi connectivity index (χ1) is 8.58. The molecule has 1 unspecified atom stereocenters. The molecule has 8 heteroatoms. The normalized spacial score (nSPS) is 14.1. The minimum atomic E-state index is -3.51. The van der Waals surface area contributed by atoms with Gasteiger partial charge in [0, 0.05) is 12.2 Å². The van der Waals surface area contributed by atoms with Crippen molar-refractivity contribution in [1.29, 1.82) is 0 Å². The molecule has 1 rings (SSSR count). The van der Waals surface area contributed by atoms with Gasteiger partial charge >= 0.3 is 0 Å². The lowest BCUT2D eigenvalue weighted by Gasteiger charge is -2.12. The quantitative estimate of drug-likeness (QED) is 0.819. The SMILES string of the molecule is CC(COc1ccc(S(C)(=O)=O)cc1)CS(N)(=O)=O. The molecule has 19 heavy (non-hydrogen) atoms. The van der Waals surface area contributed by atoms with Crippen LogP contribution in [0.25, 0.3) is 0 Å². The molecule has 0 bridgehead atoms. The summed E-state index contributed by atoms with van der Waals surface area (Å²) in [7, 11) is -6.74. The predicted molar refractivity (Wildman–Crippen MR) is 72.2 cm³/mol. The van der Waals surface area contributed by atoms with Gasteiger partial charge in [-0.05, 0) is 24.3 Å². The van der Waals surface area contributed by atoms with E-state index in [0.29, 0.717) is 5.75 Å². The van der Waals surface area contributed by atoms with Crippen LogP contribution in [-0.2, 0) is 19.9 Å². The van der Waals surface area contributed by atoms with Gasteiger partial charge in [-0.3, -0.25) is 0 Å². The molecule has 108 valence electrons. The number of sulfonamides is 1. The highest BCUT2D eigenvalue weighted by Gasteiger charge is 2.12. The lowest BCUT2D eigenvalue weighted by Crippen LogP contribution is -2.25. The molecule has 0 aliphatic heterocycles. The summed E-state index contributed by atoms with van der Waals surface area (Å²) in [5.41, 5.74) is 0. The highest BCUT2D eigenvalue weighted by atomic mass is 32.2. The van der Waals surface area contributed by atoms with Crippen LogP contribution in [0.15, 0.2) is 29.2 Å². The summed E-state index contributed by atoms with van der Waals surface area (Å²) < 4.78 is 49.6. The summed E-state index contributed by atoms with van der Waals surface area (Å²) in [4.78, 5) is 0.206. The van der Waals surface area contributed by atoms with Gasteiger partial charge in [-0.15, -0.1) is 0 Å². The Balaban J connectivity index is 2.60. The molecule has 2 N–H and O–H groups in total. The van der Waals surface area contributed by atoms with E-state index in [2.05, 4.69) is 0 Å². The van der Waals surface area contributed by atoms with E-state index < -0.39 is 19.9 Å². The molecule has 0 heterocycles. The van der Waals surface area contributed by atoms with Crippen molar-refractivity contribution in [2.75, 3.05) is 18.6 Å². The van der Waals surface area contributed by atoms with Crippen LogP contribution >= 0.6 is 0 Å². The lowest BCUT2D eigenvalue weighted by atomic mass is 10.2. The molecule has 0 aliphatic rings. The van der Waals surface area contributed by atoms with Gasteiger partial charge in [0.2, 0.25) is 10.0 Å². The van der Waals surface area contributed by atoms with Gasteiger partial charge in [-0.1, -0.05) is 6.92 Å². The molecule has 0 radical (unpaired) electrons. The smallest absolute Gasteiger partial charge is 0.209 e. The Morgan fingerprint density at radius 2 is 1.68 bits per heavy atom. The van der Waals surface area contributed by atoms with Gasteiger partial charge in [0.05, 0.1) is 17.3 Å². The molecule has 0 aromatic heterocycles. The van der Waals surface area contributed by atoms with Crippen molar-refractivity contribution in [2.45, 2.75) is 11.8 Å². The Bertz CT molecular complexity index is 620. The van der Waals surface area contributed by atoms with Crippen LogP contribution in [0.4, 0.5) is 0 Å². The van der Waals surface area contributed by atoms with Gasteiger partial charge in [-0.2, -0.15) is 0 Å². The number of benzene rings is 1. The fourth-order valence-electron chi connectivity index (χ4n) is 1.47. The second kappa shape index (κ2) is 5.89. The molecular weight excluding hydrogens is 290 g/mol. The number of hydrogen-bond donors (Lipinski definition) is 1. The van der Waals surface area contributed by atoms with E-state index in [-0.39, 0.29) is 23.2 Å². The lowest BCUT2D eigenvalue weighted by molar-refractivity contribution is 0.271. The number of primary sulfonamides is 1. The van der Waals surface area contributed by atoms with Crippen LogP contribution < -0.4 is 9.88 Å². The summed E-state index contributed by atoms with van der Waals surface area (Å²) in [6.45, 7) is 1.89. The zero-order valence-corrected chi connectivity index (χ0v) is 12.4. The molecule has 1 aromatic rings. The first-order valence-corrected chi connectivity index (χ1v) is 9.12. The Morgan fingerprint density at radius 3 is 2.11 bits per heavy atom. The summed E-state index contributed by atoms with van der Waals surface area (Å²) in [5, 5.41) is 4.92. The second-order valence-electron chi connectivity index (χ2n) is 4.49. The molecule has 0 spiro atoms. The minimum absolute atomic E-state index is 0.158. The van der Waals surface area contributed by atoms with Crippen LogP contribution in [0, 0.1) is 5.92 Å². The third-order valence-corrected chi connectivity index (χ3v) is 4.47. The van der Waals surface area contributed by atoms with E-state index in [9.17, 15) is 16.8 Å². The second-order valence-corrected chi connectivity index (χ2v) is 8.16. The van der Waals surface area contributed by atoms with Crippen molar-refractivity contribution >= 4 is 19.9 Å². The molecule has 6 nitrogen and oxygen atoms in total. The van der Waals surface area contributed by atoms with Gasteiger partial charge < -0.3 is 4.74 Å². The van der Waals surface area contributed by atoms with E-state index in [1.54, 1.807) is 6.92 Å². The Morgan fingerprint density at radius 1 is 1.16 bits per heavy atom. The third kappa shape index (κ3) is 6.04. The summed E-state index contributed by atoms with van der Waals surface area (Å²) in [6.07, 6.45) is 1.12. The van der Waals surface area contributed by atoms with Crippen LogP contribution in [0.1, 0.15) is 6.92 Å². The number of hydrogen-bond acceptors (Lipinski definition) is 5. The van der Waals surface area contributed by atoms with E-state index in [1.807, 2.05) is 0 Å². The van der Waals surface area contributed by atoms with Crippen molar-refractivity contribution in [3.63, 3.8) is 0 Å². The van der Waals surface area contributed by atoms with Gasteiger partial charge in [0.1, 0.15) is 5.75 Å². The first kappa shape index (κ1) is 15.9. The van der Waals surface area contributed by atoms with E-state index in [1.165, 1.54) is 24.3 Å². The average molecular weight is 307 g/mol. The Labute approximate surface area is 113 Å². The Kier molecular flexibility index (Phi) is 4.94. The maximum Gasteiger partial charge on any atom is 0.209 e. The third-order valence-electron chi connectivity index (χ3n) is 2.30. The highest BCUT2D eigenvalue weighted by molar-refractivity contribution is 7.90. The van der Waals surface area contributed by atoms with Crippen LogP contribution in [0.3, 0.4) is 0 Å². The van der Waals surface area contributed by atoms with Crippen molar-refractivity contribution in [2.24, 2.45) is 11.1 Å². The summed E-state index contributed by atoms with van der Waals surface area (Å²) in [6, 6.07) is 5.93. The molecule has 0 amide bonds. The average Bonchev–Trinajstić information content (AvgIpc) is 2.23. The van der Waals surface area contributed by atoms with Crippen LogP contribution in [0.5, 0.6) is 5.75 Å². The molecule has 1 atom stereocenters. The number of ether oxygens (including phenoxy) is 1. The summed E-state index contributed by atoms with van der Waals surface area (Å²) in [5.74, 6) is 0.0762. The van der Waals surface area contributed by atoms with E-state index in [4.69, 9.17) is 9.88 Å². The van der Waals surface area contributed by atoms with Crippen LogP contribution in [0.2, 0.25) is 0 Å². The highest BCUT2D eigenvalue weighted by Crippen LogP contribution is 2.16. The number of nitrogens with two attached hydrogens (primary N) is 1. The molecule has 0 saturated heterocycles. The van der Waals surface area contributed by atoms with Gasteiger partial charge in [0.15, 0.2) is 9.84 Å². The Hall–Kier alpha value is -1.12. The van der Waals surface area contributed by atoms with Crippen molar-refractivity contribution in [3.05, 3.63) is 24.3 Å². The zero-order chi connectivity index (χ0) is 14.7. The van der Waals surface area contributed by atoms with E-state index in [0.717, 1.165) is 6.26 Å². The van der Waals surface area contributed by atoms with Crippen molar-refractivity contribution in [1.82, 2.24) is 0 Å². The van der Waals surface area contributed by atoms with Gasteiger partial charge in [-0.25, -0.2) is 22.0 Å². The van der Waals surface area contributed by atoms with Crippen molar-refractivity contribution in [3.8, 4) is 5.75 Å². The monoisotopic (exact) mass is 307 g/mol. The molecular formula is C11H17NO5S2. The zero-order valence-electron chi connectivity index (χ0n) is 10.7. The first-order valence-electron chi connectivity index (χ1n) is 5.51. The fourth-order valence-corrected chi connectivity index (χ4v) is 2.99. The standard InChI is InChI=1S/C11H17NO5S2/c1-9(8-19(12,15)16)7-17-10-3-5-11(6-4-10)18(2,13)14/h3-6,9H,7-8H2,1-2H3,(H2,12,15,16). The number of sulfone groups is 1. The molecule has 0 saturated carbocycles. The van der Waals surface area contributed by atoms with E-state index >= 15 is 0 Å². The maximum absolute atomic E-state index is 11.2. The molecule has 0 aliphatic carbocycles. The number of rotatable bonds is 6. The largest absolute Gasteiger partial charge is 0.493 e. The topological polar surface area (TPSA) is 104 Å². The fraction of sp³-hybridized carbons (Fsp3) is 0.455.